The number of sulfonamides is 1. The van der Waals surface area contributed by atoms with E-state index < -0.39 is 30.1 Å². The number of aromatic nitrogens is 2. The van der Waals surface area contributed by atoms with Gasteiger partial charge in [0.25, 0.3) is 5.91 Å². The Morgan fingerprint density at radius 2 is 1.73 bits per heavy atom. The highest BCUT2D eigenvalue weighted by Gasteiger charge is 2.37. The van der Waals surface area contributed by atoms with Gasteiger partial charge in [-0.3, -0.25) is 13.9 Å². The Bertz CT molecular complexity index is 1830. The molecule has 0 spiro atoms. The van der Waals surface area contributed by atoms with Crippen LogP contribution in [0.3, 0.4) is 0 Å². The number of ketones is 1. The van der Waals surface area contributed by atoms with E-state index in [2.05, 4.69) is 44.3 Å². The van der Waals surface area contributed by atoms with Crippen LogP contribution in [-0.2, 0) is 14.4 Å². The number of nitrogens with zero attached hydrogens (tertiary/aromatic N) is 3. The molecule has 234 valence electrons. The van der Waals surface area contributed by atoms with Gasteiger partial charge in [0.05, 0.1) is 42.4 Å². The molecule has 4 rings (SSSR count). The van der Waals surface area contributed by atoms with E-state index in [0.717, 1.165) is 6.26 Å². The van der Waals surface area contributed by atoms with Gasteiger partial charge in [-0.05, 0) is 67.0 Å². The topological polar surface area (TPSA) is 110 Å². The lowest BCUT2D eigenvalue weighted by atomic mass is 9.99. The zero-order valence-corrected chi connectivity index (χ0v) is 28.2. The highest BCUT2D eigenvalue weighted by Crippen LogP contribution is 2.39. The summed E-state index contributed by atoms with van der Waals surface area (Å²) in [6.07, 6.45) is 2.69. The van der Waals surface area contributed by atoms with Crippen LogP contribution in [-0.4, -0.2) is 64.5 Å². The molecule has 0 saturated heterocycles. The van der Waals surface area contributed by atoms with Crippen molar-refractivity contribution in [3.05, 3.63) is 77.7 Å². The quantitative estimate of drug-likeness (QED) is 0.165. The van der Waals surface area contributed by atoms with Crippen molar-refractivity contribution >= 4 is 41.2 Å². The van der Waals surface area contributed by atoms with Crippen molar-refractivity contribution in [1.29, 1.82) is 0 Å². The number of anilines is 1. The van der Waals surface area contributed by atoms with E-state index in [1.54, 1.807) is 36.5 Å². The molecular formula is C32H39FN4O5SSi. The molecule has 44 heavy (non-hydrogen) atoms. The molecular weight excluding hydrogens is 600 g/mol. The minimum absolute atomic E-state index is 0.0324. The third-order valence-corrected chi connectivity index (χ3v) is 13.9. The summed E-state index contributed by atoms with van der Waals surface area (Å²) in [4.78, 5) is 25.5. The number of Topliss-reactive ketones (excluding diaryl/α,β-unsaturated/α-hetero) is 1. The van der Waals surface area contributed by atoms with Crippen LogP contribution >= 0.6 is 0 Å². The number of carbonyl (C=O) groups excluding carboxylic acids is 2. The lowest BCUT2D eigenvalue weighted by molar-refractivity contribution is 0.0964. The number of rotatable bonds is 10. The van der Waals surface area contributed by atoms with E-state index in [1.807, 2.05) is 0 Å². The van der Waals surface area contributed by atoms with Crippen LogP contribution in [0, 0.1) is 5.82 Å². The zero-order valence-electron chi connectivity index (χ0n) is 26.4. The third-order valence-electron chi connectivity index (χ3n) is 8.13. The summed E-state index contributed by atoms with van der Waals surface area (Å²) in [5.74, 6) is -0.998. The molecule has 1 N–H and O–H groups in total. The molecule has 9 nitrogen and oxygen atoms in total. The Kier molecular flexibility index (Phi) is 9.20. The van der Waals surface area contributed by atoms with Gasteiger partial charge in [0, 0.05) is 23.7 Å². The molecule has 2 heterocycles. The number of pyridine rings is 1. The Labute approximate surface area is 259 Å². The largest absolute Gasteiger partial charge is 0.415 e. The van der Waals surface area contributed by atoms with Gasteiger partial charge in [0.1, 0.15) is 11.5 Å². The Hall–Kier alpha value is -3.87. The second-order valence-electron chi connectivity index (χ2n) is 12.3. The summed E-state index contributed by atoms with van der Waals surface area (Å²) in [5, 5.41) is 7.26. The molecule has 0 bridgehead atoms. The van der Waals surface area contributed by atoms with Gasteiger partial charge in [-0.2, -0.15) is 5.10 Å². The zero-order chi connectivity index (χ0) is 32.6. The standard InChI is InChI=1S/C32H39FN4O5SSi/c1-21(38)23-10-9-11-24(18-23)26-19-27-29(31(39)34-5)30(22-12-14-25(33)15-13-22)35-36(27)20-28(26)37(43(6,40)41)16-17-42-44(7,8)32(2,3)4/h9-15,18-20H,16-17H2,1-8H3,(H,34,39). The van der Waals surface area contributed by atoms with Crippen LogP contribution in [0.1, 0.15) is 48.4 Å². The van der Waals surface area contributed by atoms with Crippen molar-refractivity contribution in [2.24, 2.45) is 0 Å². The fraction of sp³-hybridized carbons (Fsp3) is 0.344. The van der Waals surface area contributed by atoms with Crippen LogP contribution in [0.15, 0.2) is 60.8 Å². The van der Waals surface area contributed by atoms with E-state index in [4.69, 9.17) is 4.43 Å². The number of carbonyl (C=O) groups is 2. The van der Waals surface area contributed by atoms with Crippen LogP contribution in [0.4, 0.5) is 10.1 Å². The molecule has 4 aromatic rings. The lowest BCUT2D eigenvalue weighted by Crippen LogP contribution is -2.43. The molecule has 0 fully saturated rings. The second-order valence-corrected chi connectivity index (χ2v) is 19.0. The summed E-state index contributed by atoms with van der Waals surface area (Å²) in [7, 11) is -4.52. The van der Waals surface area contributed by atoms with E-state index in [1.165, 1.54) is 47.1 Å². The third kappa shape index (κ3) is 6.77. The van der Waals surface area contributed by atoms with E-state index >= 15 is 0 Å². The average Bonchev–Trinajstić information content (AvgIpc) is 3.31. The SMILES string of the molecule is CNC(=O)c1c(-c2ccc(F)cc2)nn2cc(N(CCO[Si](C)(C)C(C)(C)C)S(C)(=O)=O)c(-c3cccc(C(C)=O)c3)cc12. The van der Waals surface area contributed by atoms with Crippen molar-refractivity contribution in [1.82, 2.24) is 14.9 Å². The highest BCUT2D eigenvalue weighted by molar-refractivity contribution is 7.92. The average molecular weight is 639 g/mol. The molecule has 0 aliphatic rings. The van der Waals surface area contributed by atoms with Gasteiger partial charge in [0.15, 0.2) is 14.1 Å². The van der Waals surface area contributed by atoms with Gasteiger partial charge >= 0.3 is 0 Å². The van der Waals surface area contributed by atoms with E-state index in [9.17, 15) is 22.4 Å². The molecule has 12 heteroatoms. The normalized spacial score (nSPS) is 12.4. The van der Waals surface area contributed by atoms with Crippen molar-refractivity contribution in [2.45, 2.75) is 45.8 Å². The van der Waals surface area contributed by atoms with E-state index in [0.29, 0.717) is 39.2 Å². The van der Waals surface area contributed by atoms with Crippen molar-refractivity contribution in [2.75, 3.05) is 30.8 Å². The number of amides is 1. The number of halogens is 1. The first-order valence-electron chi connectivity index (χ1n) is 14.2. The molecule has 1 amide bonds. The van der Waals surface area contributed by atoms with Crippen molar-refractivity contribution in [3.63, 3.8) is 0 Å². The molecule has 2 aromatic carbocycles. The van der Waals surface area contributed by atoms with Crippen LogP contribution in [0.25, 0.3) is 27.9 Å². The smallest absolute Gasteiger partial charge is 0.255 e. The monoisotopic (exact) mass is 638 g/mol. The van der Waals surface area contributed by atoms with Gasteiger partial charge < -0.3 is 9.74 Å². The Morgan fingerprint density at radius 1 is 1.07 bits per heavy atom. The molecule has 0 saturated carbocycles. The van der Waals surface area contributed by atoms with Gasteiger partial charge in [0.2, 0.25) is 10.0 Å². The minimum atomic E-state index is -3.84. The Morgan fingerprint density at radius 3 is 2.30 bits per heavy atom. The summed E-state index contributed by atoms with van der Waals surface area (Å²) in [5.41, 5.74) is 3.28. The predicted octanol–water partition coefficient (Wildman–Crippen LogP) is 6.16. The van der Waals surface area contributed by atoms with E-state index in [-0.39, 0.29) is 29.5 Å². The molecule has 0 aliphatic carbocycles. The maximum absolute atomic E-state index is 13.8. The first kappa shape index (κ1) is 33.0. The first-order chi connectivity index (χ1) is 20.4. The Balaban J connectivity index is 1.99. The summed E-state index contributed by atoms with van der Waals surface area (Å²) in [6, 6.07) is 14.2. The van der Waals surface area contributed by atoms with Crippen LogP contribution in [0.5, 0.6) is 0 Å². The number of fused-ring (bicyclic) bond motifs is 1. The number of hydrogen-bond acceptors (Lipinski definition) is 6. The molecule has 0 unspecified atom stereocenters. The van der Waals surface area contributed by atoms with Crippen molar-refractivity contribution < 1.29 is 26.8 Å². The van der Waals surface area contributed by atoms with Crippen molar-refractivity contribution in [3.8, 4) is 22.4 Å². The van der Waals surface area contributed by atoms with Gasteiger partial charge in [-0.15, -0.1) is 0 Å². The maximum Gasteiger partial charge on any atom is 0.255 e. The summed E-state index contributed by atoms with van der Waals surface area (Å²) < 4.78 is 49.5. The molecule has 0 atom stereocenters. The minimum Gasteiger partial charge on any atom is -0.415 e. The van der Waals surface area contributed by atoms with Crippen LogP contribution in [0.2, 0.25) is 18.1 Å². The second kappa shape index (κ2) is 12.3. The number of nitrogens with one attached hydrogen (secondary N) is 1. The van der Waals surface area contributed by atoms with Crippen LogP contribution < -0.4 is 9.62 Å². The first-order valence-corrected chi connectivity index (χ1v) is 19.0. The maximum atomic E-state index is 13.8. The lowest BCUT2D eigenvalue weighted by Gasteiger charge is -2.37. The summed E-state index contributed by atoms with van der Waals surface area (Å²) >= 11 is 0. The fourth-order valence-corrected chi connectivity index (χ4v) is 6.58. The molecule has 2 aromatic heterocycles. The fourth-order valence-electron chi connectivity index (χ4n) is 4.64. The molecule has 0 aliphatic heterocycles. The highest BCUT2D eigenvalue weighted by atomic mass is 32.2. The number of benzene rings is 2. The summed E-state index contributed by atoms with van der Waals surface area (Å²) in [6.45, 7) is 12.2. The number of hydrogen-bond donors (Lipinski definition) is 1. The predicted molar refractivity (Wildman–Crippen MR) is 175 cm³/mol. The molecule has 0 radical (unpaired) electrons. The van der Waals surface area contributed by atoms with Gasteiger partial charge in [-0.25, -0.2) is 17.3 Å². The van der Waals surface area contributed by atoms with Gasteiger partial charge in [-0.1, -0.05) is 39.0 Å².